The molecule has 2 unspecified atom stereocenters. The van der Waals surface area contributed by atoms with Gasteiger partial charge >= 0.3 is 0 Å². The molecule has 5 heteroatoms. The van der Waals surface area contributed by atoms with Crippen LogP contribution >= 0.6 is 11.6 Å². The van der Waals surface area contributed by atoms with Crippen molar-refractivity contribution in [2.75, 3.05) is 0 Å². The van der Waals surface area contributed by atoms with Crippen molar-refractivity contribution in [3.63, 3.8) is 0 Å². The van der Waals surface area contributed by atoms with Crippen LogP contribution in [0, 0.1) is 11.3 Å². The lowest BCUT2D eigenvalue weighted by Gasteiger charge is -2.40. The minimum Gasteiger partial charge on any atom is -0.387 e. The second-order valence-electron chi connectivity index (χ2n) is 5.99. The Bertz CT molecular complexity index is 792. The standard InChI is InChI=1S/C17H22ClN3O/c1-16(2)8-7-14(9-13-3-5-15(18)6-4-13)17(16,22)10-21-12-19-11-20-21/h3-6,11-12,14,22H,7-10H2,1-2H3/i1D3,2D3. The number of hydrogen-bond donors (Lipinski definition) is 1. The van der Waals surface area contributed by atoms with Crippen molar-refractivity contribution in [3.8, 4) is 0 Å². The largest absolute Gasteiger partial charge is 0.387 e. The van der Waals surface area contributed by atoms with Gasteiger partial charge in [-0.15, -0.1) is 0 Å². The first-order chi connectivity index (χ1) is 12.9. The van der Waals surface area contributed by atoms with E-state index in [1.807, 2.05) is 0 Å². The van der Waals surface area contributed by atoms with Gasteiger partial charge in [-0.2, -0.15) is 5.10 Å². The summed E-state index contributed by atoms with van der Waals surface area (Å²) in [6.45, 7) is -6.04. The Hall–Kier alpha value is -1.39. The fourth-order valence-corrected chi connectivity index (χ4v) is 3.32. The lowest BCUT2D eigenvalue weighted by atomic mass is 9.72. The van der Waals surface area contributed by atoms with E-state index in [-0.39, 0.29) is 19.4 Å². The van der Waals surface area contributed by atoms with Crippen LogP contribution in [0.5, 0.6) is 0 Å². The topological polar surface area (TPSA) is 50.9 Å². The van der Waals surface area contributed by atoms with Crippen molar-refractivity contribution in [3.05, 3.63) is 47.5 Å². The zero-order valence-corrected chi connectivity index (χ0v) is 12.8. The summed E-state index contributed by atoms with van der Waals surface area (Å²) in [6, 6.07) is 7.01. The first-order valence-corrected chi connectivity index (χ1v) is 7.58. The Morgan fingerprint density at radius 2 is 2.18 bits per heavy atom. The average Bonchev–Trinajstić information content (AvgIpc) is 3.15. The summed E-state index contributed by atoms with van der Waals surface area (Å²) >= 11 is 5.93. The van der Waals surface area contributed by atoms with E-state index in [1.165, 1.54) is 17.3 Å². The first kappa shape index (κ1) is 9.68. The van der Waals surface area contributed by atoms with Crippen LogP contribution in [0.4, 0.5) is 0 Å². The van der Waals surface area contributed by atoms with Gasteiger partial charge in [-0.05, 0) is 48.3 Å². The van der Waals surface area contributed by atoms with Crippen molar-refractivity contribution in [2.45, 2.75) is 45.1 Å². The summed E-state index contributed by atoms with van der Waals surface area (Å²) < 4.78 is 49.7. The van der Waals surface area contributed by atoms with Crippen LogP contribution in [-0.2, 0) is 13.0 Å². The third-order valence-corrected chi connectivity index (χ3v) is 4.80. The molecular weight excluding hydrogens is 298 g/mol. The Kier molecular flexibility index (Phi) is 2.50. The molecule has 118 valence electrons. The molecule has 1 fully saturated rings. The predicted octanol–water partition coefficient (Wildman–Crippen LogP) is 3.34. The fraction of sp³-hybridized carbons (Fsp3) is 0.529. The van der Waals surface area contributed by atoms with Crippen LogP contribution in [-0.4, -0.2) is 25.5 Å². The summed E-state index contributed by atoms with van der Waals surface area (Å²) in [6.07, 6.45) is 3.07. The summed E-state index contributed by atoms with van der Waals surface area (Å²) in [5, 5.41) is 16.3. The van der Waals surface area contributed by atoms with Gasteiger partial charge in [0.05, 0.1) is 12.1 Å². The molecule has 22 heavy (non-hydrogen) atoms. The van der Waals surface area contributed by atoms with Crippen LogP contribution in [0.2, 0.25) is 5.02 Å². The summed E-state index contributed by atoms with van der Waals surface area (Å²) in [5.74, 6) is -0.585. The molecule has 1 aliphatic rings. The maximum Gasteiger partial charge on any atom is 0.137 e. The van der Waals surface area contributed by atoms with Gasteiger partial charge in [-0.3, -0.25) is 4.68 Å². The third-order valence-electron chi connectivity index (χ3n) is 4.55. The molecule has 0 radical (unpaired) electrons. The molecule has 4 nitrogen and oxygen atoms in total. The zero-order chi connectivity index (χ0) is 20.8. The second-order valence-corrected chi connectivity index (χ2v) is 6.43. The minimum absolute atomic E-state index is 0.135. The van der Waals surface area contributed by atoms with Gasteiger partial charge in [0.2, 0.25) is 0 Å². The van der Waals surface area contributed by atoms with Crippen LogP contribution in [0.3, 0.4) is 0 Å². The van der Waals surface area contributed by atoms with Gasteiger partial charge in [0.25, 0.3) is 0 Å². The highest BCUT2D eigenvalue weighted by Crippen LogP contribution is 2.51. The molecule has 1 aromatic heterocycles. The van der Waals surface area contributed by atoms with Crippen LogP contribution in [0.25, 0.3) is 0 Å². The number of rotatable bonds is 4. The molecule has 1 heterocycles. The predicted molar refractivity (Wildman–Crippen MR) is 86.6 cm³/mol. The number of hydrogen-bond acceptors (Lipinski definition) is 3. The molecule has 2 atom stereocenters. The lowest BCUT2D eigenvalue weighted by molar-refractivity contribution is -0.0907. The third kappa shape index (κ3) is 2.77. The maximum atomic E-state index is 11.8. The number of aliphatic hydroxyl groups is 1. The van der Waals surface area contributed by atoms with Gasteiger partial charge in [-0.1, -0.05) is 37.4 Å². The Morgan fingerprint density at radius 3 is 2.82 bits per heavy atom. The van der Waals surface area contributed by atoms with Crippen molar-refractivity contribution in [2.24, 2.45) is 11.3 Å². The van der Waals surface area contributed by atoms with Crippen LogP contribution in [0.15, 0.2) is 36.9 Å². The van der Waals surface area contributed by atoms with Gasteiger partial charge < -0.3 is 5.11 Å². The molecule has 0 saturated heterocycles. The van der Waals surface area contributed by atoms with E-state index >= 15 is 0 Å². The molecule has 0 aliphatic heterocycles. The molecule has 2 aromatic rings. The monoisotopic (exact) mass is 325 g/mol. The van der Waals surface area contributed by atoms with Crippen molar-refractivity contribution < 1.29 is 13.3 Å². The number of aromatic nitrogens is 3. The van der Waals surface area contributed by atoms with Crippen molar-refractivity contribution in [1.29, 1.82) is 0 Å². The normalized spacial score (nSPS) is 32.4. The second kappa shape index (κ2) is 5.67. The van der Waals surface area contributed by atoms with E-state index in [4.69, 9.17) is 19.8 Å². The first-order valence-electron chi connectivity index (χ1n) is 10.2. The molecule has 1 aromatic carbocycles. The SMILES string of the molecule is [2H]C([2H])([2H])C1(C([2H])([2H])[2H])CCC(Cc2ccc(Cl)cc2)C1(O)Cn1cncn1. The molecule has 0 spiro atoms. The van der Waals surface area contributed by atoms with Gasteiger partial charge in [0.15, 0.2) is 0 Å². The molecule has 3 rings (SSSR count). The van der Waals surface area contributed by atoms with E-state index in [1.54, 1.807) is 24.3 Å². The average molecular weight is 326 g/mol. The van der Waals surface area contributed by atoms with E-state index in [2.05, 4.69) is 10.1 Å². The number of halogens is 1. The summed E-state index contributed by atoms with van der Waals surface area (Å²) in [4.78, 5) is 3.83. The summed E-state index contributed by atoms with van der Waals surface area (Å²) in [7, 11) is 0. The molecule has 0 bridgehead atoms. The van der Waals surface area contributed by atoms with Crippen LogP contribution in [0.1, 0.15) is 40.3 Å². The smallest absolute Gasteiger partial charge is 0.137 e. The molecule has 1 N–H and O–H groups in total. The highest BCUT2D eigenvalue weighted by atomic mass is 35.5. The number of benzene rings is 1. The number of nitrogens with zero attached hydrogens (tertiary/aromatic N) is 3. The molecule has 1 saturated carbocycles. The Balaban J connectivity index is 2.08. The van der Waals surface area contributed by atoms with E-state index in [9.17, 15) is 5.11 Å². The van der Waals surface area contributed by atoms with Crippen molar-refractivity contribution in [1.82, 2.24) is 14.8 Å². The quantitative estimate of drug-likeness (QED) is 0.938. The highest BCUT2D eigenvalue weighted by molar-refractivity contribution is 6.30. The maximum absolute atomic E-state index is 11.8. The van der Waals surface area contributed by atoms with Gasteiger partial charge in [-0.25, -0.2) is 4.98 Å². The van der Waals surface area contributed by atoms with E-state index in [0.29, 0.717) is 11.4 Å². The van der Waals surface area contributed by atoms with Gasteiger partial charge in [0, 0.05) is 13.2 Å². The van der Waals surface area contributed by atoms with E-state index in [0.717, 1.165) is 5.56 Å². The minimum atomic E-state index is -2.89. The highest BCUT2D eigenvalue weighted by Gasteiger charge is 2.54. The molecule has 0 amide bonds. The Morgan fingerprint density at radius 1 is 1.41 bits per heavy atom. The molecule has 1 aliphatic carbocycles. The molecular formula is C17H22ClN3O. The lowest BCUT2D eigenvalue weighted by Crippen LogP contribution is -2.49. The Labute approximate surface area is 144 Å². The fourth-order valence-electron chi connectivity index (χ4n) is 3.20. The van der Waals surface area contributed by atoms with Crippen LogP contribution < -0.4 is 0 Å². The van der Waals surface area contributed by atoms with E-state index < -0.39 is 30.6 Å². The van der Waals surface area contributed by atoms with Crippen molar-refractivity contribution >= 4 is 11.6 Å². The zero-order valence-electron chi connectivity index (χ0n) is 18.0. The summed E-state index contributed by atoms with van der Waals surface area (Å²) in [5.41, 5.74) is -3.45. The van der Waals surface area contributed by atoms with Gasteiger partial charge in [0.1, 0.15) is 12.7 Å².